The molecule has 0 spiro atoms. The van der Waals surface area contributed by atoms with Crippen molar-refractivity contribution in [3.05, 3.63) is 12.7 Å². The minimum atomic E-state index is -1.73. The van der Waals surface area contributed by atoms with E-state index in [1.54, 1.807) is 14.1 Å². The van der Waals surface area contributed by atoms with Crippen molar-refractivity contribution in [2.75, 3.05) is 19.5 Å². The fraction of sp³-hybridized carbons (Fsp3) is 0.571. The second kappa shape index (κ2) is 5.61. The Morgan fingerprint density at radius 2 is 1.88 bits per heavy atom. The Hall–Kier alpha value is -0.920. The van der Waals surface area contributed by atoms with Crippen molar-refractivity contribution in [1.82, 2.24) is 25.1 Å². The first-order valence-corrected chi connectivity index (χ1v) is 5.60. The summed E-state index contributed by atoms with van der Waals surface area (Å²) in [6.45, 7) is 0. The lowest BCUT2D eigenvalue weighted by Crippen LogP contribution is -2.54. The number of carbonyl (C=O) groups is 1. The summed E-state index contributed by atoms with van der Waals surface area (Å²) >= 11 is 17.2. The maximum absolute atomic E-state index is 11.5. The van der Waals surface area contributed by atoms with Crippen LogP contribution in [0.25, 0.3) is 0 Å². The molecule has 0 bridgehead atoms. The second-order valence-electron chi connectivity index (χ2n) is 3.32. The SMILES string of the molecule is CN(C)C(=O)NC(Nn1cnnc1)C(Cl)(Cl)Cl. The van der Waals surface area contributed by atoms with Gasteiger partial charge in [-0.15, -0.1) is 10.2 Å². The molecule has 0 fully saturated rings. The van der Waals surface area contributed by atoms with Crippen molar-refractivity contribution < 1.29 is 4.79 Å². The van der Waals surface area contributed by atoms with Crippen LogP contribution in [0.5, 0.6) is 0 Å². The minimum Gasteiger partial charge on any atom is -0.331 e. The molecule has 0 aliphatic rings. The Labute approximate surface area is 113 Å². The lowest BCUT2D eigenvalue weighted by Gasteiger charge is -2.28. The number of aromatic nitrogens is 3. The van der Waals surface area contributed by atoms with Gasteiger partial charge in [0.25, 0.3) is 0 Å². The Balaban J connectivity index is 2.72. The fourth-order valence-electron chi connectivity index (χ4n) is 0.856. The highest BCUT2D eigenvalue weighted by Gasteiger charge is 2.34. The van der Waals surface area contributed by atoms with Gasteiger partial charge in [0.1, 0.15) is 12.7 Å². The smallest absolute Gasteiger partial charge is 0.318 e. The maximum Gasteiger partial charge on any atom is 0.318 e. The van der Waals surface area contributed by atoms with E-state index in [0.717, 1.165) is 0 Å². The summed E-state index contributed by atoms with van der Waals surface area (Å²) in [5.41, 5.74) is 2.72. The summed E-state index contributed by atoms with van der Waals surface area (Å²) in [4.78, 5) is 12.8. The van der Waals surface area contributed by atoms with E-state index in [9.17, 15) is 4.79 Å². The highest BCUT2D eigenvalue weighted by atomic mass is 35.6. The van der Waals surface area contributed by atoms with Gasteiger partial charge in [0.05, 0.1) is 0 Å². The summed E-state index contributed by atoms with van der Waals surface area (Å²) in [5, 5.41) is 9.64. The number of rotatable bonds is 3. The van der Waals surface area contributed by atoms with Crippen molar-refractivity contribution in [3.8, 4) is 0 Å². The lowest BCUT2D eigenvalue weighted by molar-refractivity contribution is 0.213. The van der Waals surface area contributed by atoms with Gasteiger partial charge in [-0.1, -0.05) is 34.8 Å². The molecule has 0 saturated carbocycles. The van der Waals surface area contributed by atoms with Crippen LogP contribution in [0.15, 0.2) is 12.7 Å². The van der Waals surface area contributed by atoms with Crippen LogP contribution in [-0.2, 0) is 0 Å². The number of carbonyl (C=O) groups excluding carboxylic acids is 1. The predicted octanol–water partition coefficient (Wildman–Crippen LogP) is 0.789. The standard InChI is InChI=1S/C7H11Cl3N6O/c1-15(2)6(17)13-5(7(8,9)10)14-16-3-11-12-4-16/h3-5,14H,1-2H3,(H,13,17). The fourth-order valence-corrected chi connectivity index (χ4v) is 1.17. The monoisotopic (exact) mass is 300 g/mol. The van der Waals surface area contributed by atoms with Gasteiger partial charge < -0.3 is 10.2 Å². The van der Waals surface area contributed by atoms with Crippen LogP contribution >= 0.6 is 34.8 Å². The van der Waals surface area contributed by atoms with Crippen molar-refractivity contribution in [2.24, 2.45) is 0 Å². The molecule has 10 heteroatoms. The van der Waals surface area contributed by atoms with Crippen molar-refractivity contribution in [1.29, 1.82) is 0 Å². The van der Waals surface area contributed by atoms with Gasteiger partial charge in [-0.3, -0.25) is 5.43 Å². The van der Waals surface area contributed by atoms with Gasteiger partial charge in [0.2, 0.25) is 3.79 Å². The highest BCUT2D eigenvalue weighted by Crippen LogP contribution is 2.29. The number of hydrogen-bond acceptors (Lipinski definition) is 4. The van der Waals surface area contributed by atoms with Crippen molar-refractivity contribution >= 4 is 40.8 Å². The molecule has 1 rings (SSSR count). The first kappa shape index (κ1) is 14.1. The zero-order valence-electron chi connectivity index (χ0n) is 9.06. The molecule has 0 aromatic carbocycles. The molecule has 1 aromatic rings. The van der Waals surface area contributed by atoms with E-state index in [1.165, 1.54) is 22.2 Å². The van der Waals surface area contributed by atoms with Crippen LogP contribution in [0, 0.1) is 0 Å². The van der Waals surface area contributed by atoms with Crippen LogP contribution in [0.1, 0.15) is 0 Å². The minimum absolute atomic E-state index is 0.401. The number of urea groups is 1. The topological polar surface area (TPSA) is 75.1 Å². The van der Waals surface area contributed by atoms with Crippen molar-refractivity contribution in [2.45, 2.75) is 9.96 Å². The molecule has 1 aromatic heterocycles. The van der Waals surface area contributed by atoms with Crippen LogP contribution in [0.3, 0.4) is 0 Å². The zero-order valence-corrected chi connectivity index (χ0v) is 11.3. The molecular formula is C7H11Cl3N6O. The van der Waals surface area contributed by atoms with Gasteiger partial charge >= 0.3 is 6.03 Å². The molecule has 0 aliphatic carbocycles. The average molecular weight is 302 g/mol. The third kappa shape index (κ3) is 4.45. The van der Waals surface area contributed by atoms with E-state index in [4.69, 9.17) is 34.8 Å². The lowest BCUT2D eigenvalue weighted by atomic mass is 10.5. The number of amides is 2. The Kier molecular flexibility index (Phi) is 4.67. The quantitative estimate of drug-likeness (QED) is 0.639. The van der Waals surface area contributed by atoms with E-state index in [2.05, 4.69) is 20.9 Å². The predicted molar refractivity (Wildman–Crippen MR) is 65.7 cm³/mol. The summed E-state index contributed by atoms with van der Waals surface area (Å²) < 4.78 is -0.363. The summed E-state index contributed by atoms with van der Waals surface area (Å²) in [6.07, 6.45) is 1.80. The third-order valence-electron chi connectivity index (χ3n) is 1.70. The maximum atomic E-state index is 11.5. The van der Waals surface area contributed by atoms with Crippen LogP contribution in [0.2, 0.25) is 0 Å². The van der Waals surface area contributed by atoms with E-state index in [0.29, 0.717) is 0 Å². The molecule has 17 heavy (non-hydrogen) atoms. The first-order chi connectivity index (χ1) is 7.80. The first-order valence-electron chi connectivity index (χ1n) is 4.46. The molecule has 0 aliphatic heterocycles. The number of nitrogens with one attached hydrogen (secondary N) is 2. The van der Waals surface area contributed by atoms with E-state index in [-0.39, 0.29) is 0 Å². The van der Waals surface area contributed by atoms with E-state index in [1.807, 2.05) is 0 Å². The van der Waals surface area contributed by atoms with Crippen LogP contribution < -0.4 is 10.7 Å². The number of hydrogen-bond donors (Lipinski definition) is 2. The molecule has 1 unspecified atom stereocenters. The van der Waals surface area contributed by atoms with Gasteiger partial charge in [-0.05, 0) is 0 Å². The van der Waals surface area contributed by atoms with Gasteiger partial charge in [-0.2, -0.15) is 0 Å². The number of nitrogens with zero attached hydrogens (tertiary/aromatic N) is 4. The summed E-state index contributed by atoms with van der Waals surface area (Å²) in [6, 6.07) is -0.401. The number of alkyl halides is 3. The molecule has 7 nitrogen and oxygen atoms in total. The molecular weight excluding hydrogens is 290 g/mol. The summed E-state index contributed by atoms with van der Waals surface area (Å²) in [5.74, 6) is 0. The molecule has 2 N–H and O–H groups in total. The van der Waals surface area contributed by atoms with Gasteiger partial charge in [0.15, 0.2) is 6.17 Å². The van der Waals surface area contributed by atoms with Gasteiger partial charge in [-0.25, -0.2) is 9.47 Å². The highest BCUT2D eigenvalue weighted by molar-refractivity contribution is 6.68. The van der Waals surface area contributed by atoms with Gasteiger partial charge in [0, 0.05) is 14.1 Å². The van der Waals surface area contributed by atoms with Crippen molar-refractivity contribution in [3.63, 3.8) is 0 Å². The van der Waals surface area contributed by atoms with Crippen LogP contribution in [0.4, 0.5) is 4.79 Å². The Bertz CT molecular complexity index is 362. The van der Waals surface area contributed by atoms with E-state index < -0.39 is 16.0 Å². The normalized spacial score (nSPS) is 13.0. The molecule has 0 saturated heterocycles. The molecule has 1 heterocycles. The average Bonchev–Trinajstić information content (AvgIpc) is 2.67. The largest absolute Gasteiger partial charge is 0.331 e. The van der Waals surface area contributed by atoms with Crippen LogP contribution in [-0.4, -0.2) is 49.9 Å². The summed E-state index contributed by atoms with van der Waals surface area (Å²) in [7, 11) is 3.15. The molecule has 2 amide bonds. The molecule has 1 atom stereocenters. The third-order valence-corrected chi connectivity index (χ3v) is 2.35. The second-order valence-corrected chi connectivity index (χ2v) is 5.69. The zero-order chi connectivity index (χ0) is 13.1. The number of halogens is 3. The Morgan fingerprint density at radius 1 is 1.35 bits per heavy atom. The molecule has 96 valence electrons. The molecule has 0 radical (unpaired) electrons. The van der Waals surface area contributed by atoms with E-state index >= 15 is 0 Å². The Morgan fingerprint density at radius 3 is 2.29 bits per heavy atom.